The number of aliphatic hydroxyl groups excluding tert-OH is 1. The molecule has 0 aromatic carbocycles. The Labute approximate surface area is 65.8 Å². The molecule has 0 aromatic heterocycles. The molecule has 1 atom stereocenters. The summed E-state index contributed by atoms with van der Waals surface area (Å²) in [5, 5.41) is 8.92. The van der Waals surface area contributed by atoms with Crippen molar-refractivity contribution >= 4 is 6.09 Å². The highest BCUT2D eigenvalue weighted by Crippen LogP contribution is 2.27. The van der Waals surface area contributed by atoms with E-state index in [0.29, 0.717) is 0 Å². The number of hydrogen-bond acceptors (Lipinski definition) is 3. The van der Waals surface area contributed by atoms with Gasteiger partial charge in [0.15, 0.2) is 0 Å². The van der Waals surface area contributed by atoms with Crippen molar-refractivity contribution in [3.63, 3.8) is 0 Å². The fourth-order valence-corrected chi connectivity index (χ4v) is 1.30. The van der Waals surface area contributed by atoms with Crippen LogP contribution in [0.3, 0.4) is 0 Å². The monoisotopic (exact) mass is 159 g/mol. The van der Waals surface area contributed by atoms with Gasteiger partial charge in [-0.25, -0.2) is 4.79 Å². The Morgan fingerprint density at radius 3 is 2.45 bits per heavy atom. The van der Waals surface area contributed by atoms with Gasteiger partial charge in [-0.15, -0.1) is 0 Å². The Hall–Kier alpha value is -0.770. The van der Waals surface area contributed by atoms with Crippen molar-refractivity contribution in [2.45, 2.75) is 25.5 Å². The van der Waals surface area contributed by atoms with Crippen molar-refractivity contribution < 1.29 is 14.6 Å². The average molecular weight is 159 g/mol. The molecule has 1 rings (SSSR count). The summed E-state index contributed by atoms with van der Waals surface area (Å²) >= 11 is 0. The van der Waals surface area contributed by atoms with Crippen LogP contribution in [0.5, 0.6) is 0 Å². The number of nitrogens with zero attached hydrogens (tertiary/aromatic N) is 1. The molecule has 1 aliphatic heterocycles. The first kappa shape index (κ1) is 8.33. The van der Waals surface area contributed by atoms with Crippen LogP contribution in [0.4, 0.5) is 4.79 Å². The number of carbonyl (C=O) groups excluding carboxylic acids is 1. The molecule has 64 valence electrons. The third-order valence-electron chi connectivity index (χ3n) is 2.08. The molecule has 4 nitrogen and oxygen atoms in total. The number of carbonyl (C=O) groups is 1. The maximum Gasteiger partial charge on any atom is 0.410 e. The summed E-state index contributed by atoms with van der Waals surface area (Å²) in [5.41, 5.74) is -0.569. The van der Waals surface area contributed by atoms with Crippen LogP contribution in [0.2, 0.25) is 0 Å². The maximum atomic E-state index is 11.0. The number of likely N-dealkylation sites (N-methyl/N-ethyl adjacent to an activating group) is 1. The summed E-state index contributed by atoms with van der Waals surface area (Å²) < 4.78 is 4.99. The Morgan fingerprint density at radius 1 is 1.73 bits per heavy atom. The van der Waals surface area contributed by atoms with Crippen molar-refractivity contribution in [3.05, 3.63) is 0 Å². The van der Waals surface area contributed by atoms with Gasteiger partial charge in [0.05, 0.1) is 12.6 Å². The number of rotatable bonds is 1. The van der Waals surface area contributed by atoms with E-state index in [1.807, 2.05) is 0 Å². The molecule has 1 amide bonds. The average Bonchev–Trinajstić information content (AvgIpc) is 2.03. The third-order valence-corrected chi connectivity index (χ3v) is 2.08. The number of hydrogen-bond donors (Lipinski definition) is 1. The SMILES string of the molecule is CN1C(=O)OC(C)(C)C1CO. The minimum absolute atomic E-state index is 0.0603. The zero-order chi connectivity index (χ0) is 8.65. The van der Waals surface area contributed by atoms with Gasteiger partial charge in [0.2, 0.25) is 0 Å². The van der Waals surface area contributed by atoms with Gasteiger partial charge in [-0.1, -0.05) is 0 Å². The second-order valence-corrected chi connectivity index (χ2v) is 3.28. The van der Waals surface area contributed by atoms with Crippen LogP contribution in [0.25, 0.3) is 0 Å². The lowest BCUT2D eigenvalue weighted by Crippen LogP contribution is -2.42. The van der Waals surface area contributed by atoms with E-state index in [4.69, 9.17) is 9.84 Å². The minimum Gasteiger partial charge on any atom is -0.441 e. The van der Waals surface area contributed by atoms with E-state index in [-0.39, 0.29) is 18.7 Å². The second-order valence-electron chi connectivity index (χ2n) is 3.28. The van der Waals surface area contributed by atoms with Crippen LogP contribution < -0.4 is 0 Å². The lowest BCUT2D eigenvalue weighted by molar-refractivity contribution is 0.0498. The van der Waals surface area contributed by atoms with E-state index in [1.165, 1.54) is 4.90 Å². The van der Waals surface area contributed by atoms with Gasteiger partial charge < -0.3 is 14.7 Å². The molecule has 1 aliphatic rings. The van der Waals surface area contributed by atoms with E-state index in [1.54, 1.807) is 20.9 Å². The van der Waals surface area contributed by atoms with Gasteiger partial charge in [0.25, 0.3) is 0 Å². The van der Waals surface area contributed by atoms with Crippen molar-refractivity contribution in [2.75, 3.05) is 13.7 Å². The molecule has 1 saturated heterocycles. The smallest absolute Gasteiger partial charge is 0.410 e. The van der Waals surface area contributed by atoms with Crippen LogP contribution in [-0.4, -0.2) is 41.4 Å². The molecule has 11 heavy (non-hydrogen) atoms. The first-order valence-electron chi connectivity index (χ1n) is 3.55. The van der Waals surface area contributed by atoms with Gasteiger partial charge in [-0.2, -0.15) is 0 Å². The predicted octanol–water partition coefficient (Wildman–Crippen LogP) is 0.208. The van der Waals surface area contributed by atoms with Crippen molar-refractivity contribution in [1.82, 2.24) is 4.90 Å². The van der Waals surface area contributed by atoms with E-state index < -0.39 is 5.60 Å². The summed E-state index contributed by atoms with van der Waals surface area (Å²) in [6, 6.07) is -0.227. The number of ether oxygens (including phenoxy) is 1. The molecule has 0 spiro atoms. The summed E-state index contributed by atoms with van der Waals surface area (Å²) in [5.74, 6) is 0. The number of aliphatic hydroxyl groups is 1. The van der Waals surface area contributed by atoms with Crippen LogP contribution in [0.1, 0.15) is 13.8 Å². The molecule has 0 aromatic rings. The zero-order valence-electron chi connectivity index (χ0n) is 7.00. The first-order chi connectivity index (χ1) is 4.99. The first-order valence-corrected chi connectivity index (χ1v) is 3.55. The highest BCUT2D eigenvalue weighted by Gasteiger charge is 2.45. The molecule has 0 radical (unpaired) electrons. The molecule has 1 heterocycles. The van der Waals surface area contributed by atoms with Gasteiger partial charge in [0.1, 0.15) is 5.60 Å². The van der Waals surface area contributed by atoms with Gasteiger partial charge >= 0.3 is 6.09 Å². The zero-order valence-corrected chi connectivity index (χ0v) is 7.00. The maximum absolute atomic E-state index is 11.0. The van der Waals surface area contributed by atoms with Crippen LogP contribution >= 0.6 is 0 Å². The molecule has 4 heteroatoms. The Morgan fingerprint density at radius 2 is 2.27 bits per heavy atom. The Bertz CT molecular complexity index is 179. The van der Waals surface area contributed by atoms with Crippen LogP contribution in [0.15, 0.2) is 0 Å². The summed E-state index contributed by atoms with van der Waals surface area (Å²) in [4.78, 5) is 12.4. The lowest BCUT2D eigenvalue weighted by atomic mass is 10.0. The topological polar surface area (TPSA) is 49.8 Å². The molecular formula is C7H13NO3. The highest BCUT2D eigenvalue weighted by molar-refractivity contribution is 5.71. The normalized spacial score (nSPS) is 28.9. The second kappa shape index (κ2) is 2.37. The largest absolute Gasteiger partial charge is 0.441 e. The van der Waals surface area contributed by atoms with Gasteiger partial charge in [-0.05, 0) is 13.8 Å². The lowest BCUT2D eigenvalue weighted by Gasteiger charge is -2.24. The van der Waals surface area contributed by atoms with Crippen molar-refractivity contribution in [2.24, 2.45) is 0 Å². The molecular weight excluding hydrogens is 146 g/mol. The van der Waals surface area contributed by atoms with Crippen molar-refractivity contribution in [1.29, 1.82) is 0 Å². The van der Waals surface area contributed by atoms with Crippen LogP contribution in [-0.2, 0) is 4.74 Å². The van der Waals surface area contributed by atoms with Gasteiger partial charge in [-0.3, -0.25) is 0 Å². The molecule has 0 saturated carbocycles. The minimum atomic E-state index is -0.569. The summed E-state index contributed by atoms with van der Waals surface area (Å²) in [6.07, 6.45) is -0.367. The predicted molar refractivity (Wildman–Crippen MR) is 39.2 cm³/mol. The summed E-state index contributed by atoms with van der Waals surface area (Å²) in [7, 11) is 1.62. The van der Waals surface area contributed by atoms with Crippen molar-refractivity contribution in [3.8, 4) is 0 Å². The fraction of sp³-hybridized carbons (Fsp3) is 0.857. The molecule has 0 bridgehead atoms. The van der Waals surface area contributed by atoms with E-state index >= 15 is 0 Å². The highest BCUT2D eigenvalue weighted by atomic mass is 16.6. The third kappa shape index (κ3) is 1.18. The van der Waals surface area contributed by atoms with Gasteiger partial charge in [0, 0.05) is 7.05 Å². The number of amides is 1. The summed E-state index contributed by atoms with van der Waals surface area (Å²) in [6.45, 7) is 3.51. The Balaban J connectivity index is 2.81. The molecule has 1 N–H and O–H groups in total. The Kier molecular flexibility index (Phi) is 1.80. The molecule has 1 fully saturated rings. The standard InChI is InChI=1S/C7H13NO3/c1-7(2)5(4-9)8(3)6(10)11-7/h5,9H,4H2,1-3H3. The van der Waals surface area contributed by atoms with E-state index in [0.717, 1.165) is 0 Å². The van der Waals surface area contributed by atoms with E-state index in [2.05, 4.69) is 0 Å². The molecule has 1 unspecified atom stereocenters. The quantitative estimate of drug-likeness (QED) is 0.595. The van der Waals surface area contributed by atoms with Crippen LogP contribution in [0, 0.1) is 0 Å². The van der Waals surface area contributed by atoms with E-state index in [9.17, 15) is 4.79 Å². The number of cyclic esters (lactones) is 1. The molecule has 0 aliphatic carbocycles. The fourth-order valence-electron chi connectivity index (χ4n) is 1.30.